The van der Waals surface area contributed by atoms with E-state index in [0.717, 1.165) is 107 Å². The van der Waals surface area contributed by atoms with E-state index in [1.54, 1.807) is 13.3 Å². The molecule has 2 aromatic carbocycles. The molecule has 48 heavy (non-hydrogen) atoms. The van der Waals surface area contributed by atoms with Crippen molar-refractivity contribution in [1.29, 1.82) is 0 Å². The minimum Gasteiger partial charge on any atom is -0.618 e. The first-order valence-electron chi connectivity index (χ1n) is 17.4. The number of nitrogens with zero attached hydrogens (tertiary/aromatic N) is 3. The zero-order valence-electron chi connectivity index (χ0n) is 28.3. The van der Waals surface area contributed by atoms with Gasteiger partial charge in [0.15, 0.2) is 22.9 Å². The van der Waals surface area contributed by atoms with E-state index in [4.69, 9.17) is 14.2 Å². The van der Waals surface area contributed by atoms with Crippen molar-refractivity contribution >= 4 is 46.1 Å². The molecule has 0 spiro atoms. The molecular formula is C38H47IN4O5. The van der Waals surface area contributed by atoms with Gasteiger partial charge in [0.25, 0.3) is 5.91 Å². The molecular weight excluding hydrogens is 719 g/mol. The maximum atomic E-state index is 13.6. The lowest BCUT2D eigenvalue weighted by Gasteiger charge is -2.36. The molecule has 6 rings (SSSR count). The Morgan fingerprint density at radius 1 is 1.02 bits per heavy atom. The zero-order chi connectivity index (χ0) is 33.6. The maximum Gasteiger partial charge on any atom is 0.262 e. The first-order chi connectivity index (χ1) is 23.3. The molecule has 256 valence electrons. The molecule has 0 fully saturated rings. The Labute approximate surface area is 297 Å². The summed E-state index contributed by atoms with van der Waals surface area (Å²) in [6, 6.07) is 11.9. The summed E-state index contributed by atoms with van der Waals surface area (Å²) in [5.41, 5.74) is 5.15. The van der Waals surface area contributed by atoms with Crippen molar-refractivity contribution in [3.8, 4) is 17.2 Å². The number of benzene rings is 2. The lowest BCUT2D eigenvalue weighted by atomic mass is 9.92. The predicted molar refractivity (Wildman–Crippen MR) is 199 cm³/mol. The molecule has 1 unspecified atom stereocenters. The van der Waals surface area contributed by atoms with Crippen LogP contribution in [0.15, 0.2) is 54.4 Å². The number of anilines is 2. The summed E-state index contributed by atoms with van der Waals surface area (Å²) in [5, 5.41) is 16.3. The van der Waals surface area contributed by atoms with Crippen LogP contribution in [0.25, 0.3) is 0 Å². The second kappa shape index (κ2) is 15.7. The Bertz CT molecular complexity index is 1680. The fourth-order valence-electron chi connectivity index (χ4n) is 7.10. The van der Waals surface area contributed by atoms with Gasteiger partial charge in [-0.25, -0.2) is 0 Å². The van der Waals surface area contributed by atoms with Gasteiger partial charge in [0.1, 0.15) is 11.9 Å². The largest absolute Gasteiger partial charge is 0.618 e. The van der Waals surface area contributed by atoms with Crippen LogP contribution in [-0.4, -0.2) is 47.9 Å². The second-order valence-corrected chi connectivity index (χ2v) is 14.3. The number of ether oxygens (including phenoxy) is 3. The van der Waals surface area contributed by atoms with E-state index < -0.39 is 0 Å². The Kier molecular flexibility index (Phi) is 11.2. The molecule has 1 aromatic heterocycles. The van der Waals surface area contributed by atoms with Crippen molar-refractivity contribution in [1.82, 2.24) is 4.57 Å². The van der Waals surface area contributed by atoms with Crippen molar-refractivity contribution in [2.24, 2.45) is 5.92 Å². The van der Waals surface area contributed by atoms with E-state index in [0.29, 0.717) is 30.3 Å². The molecule has 0 saturated heterocycles. The predicted octanol–water partition coefficient (Wildman–Crippen LogP) is 8.64. The number of hydrogen-bond acceptors (Lipinski definition) is 6. The highest BCUT2D eigenvalue weighted by atomic mass is 127. The average Bonchev–Trinajstić information content (AvgIpc) is 3.32. The lowest BCUT2D eigenvalue weighted by molar-refractivity contribution is -0.406. The molecule has 1 N–H and O–H groups in total. The number of aromatic nitrogens is 1. The smallest absolute Gasteiger partial charge is 0.262 e. The van der Waals surface area contributed by atoms with E-state index in [-0.39, 0.29) is 18.0 Å². The number of carbonyl (C=O) groups is 1. The lowest BCUT2D eigenvalue weighted by Crippen LogP contribution is -2.47. The summed E-state index contributed by atoms with van der Waals surface area (Å²) in [6.45, 7) is 6.09. The number of methoxy groups -OCH3 is 1. The molecule has 3 aliphatic rings. The van der Waals surface area contributed by atoms with Gasteiger partial charge in [-0.05, 0) is 117 Å². The van der Waals surface area contributed by atoms with Crippen LogP contribution in [0, 0.1) is 21.6 Å². The molecule has 1 aliphatic carbocycles. The average molecular weight is 767 g/mol. The van der Waals surface area contributed by atoms with Gasteiger partial charge in [-0.2, -0.15) is 4.74 Å². The molecule has 0 saturated carbocycles. The van der Waals surface area contributed by atoms with E-state index >= 15 is 0 Å². The van der Waals surface area contributed by atoms with Crippen LogP contribution in [-0.2, 0) is 6.54 Å². The third kappa shape index (κ3) is 7.63. The highest BCUT2D eigenvalue weighted by molar-refractivity contribution is 14.1. The van der Waals surface area contributed by atoms with Gasteiger partial charge in [0, 0.05) is 21.5 Å². The molecule has 10 heteroatoms. The molecule has 3 aromatic rings. The van der Waals surface area contributed by atoms with Gasteiger partial charge >= 0.3 is 0 Å². The van der Waals surface area contributed by atoms with Crippen molar-refractivity contribution in [3.63, 3.8) is 0 Å². The number of hydroxylamine groups is 1. The Hall–Kier alpha value is -3.67. The minimum absolute atomic E-state index is 0.0109. The second-order valence-electron chi connectivity index (χ2n) is 13.1. The summed E-state index contributed by atoms with van der Waals surface area (Å²) in [4.78, 5) is 15.4. The SMILES string of the molecule is COc1c(OCCCCCCCCCOc2ccc3c(c2)C(=O)N(c2ccc(I)cc2C)C(C)N3)cn2c1C=[N+]([O-])C1=CCCC[C@H]1C2. The van der Waals surface area contributed by atoms with E-state index in [9.17, 15) is 10.0 Å². The van der Waals surface area contributed by atoms with Crippen molar-refractivity contribution < 1.29 is 23.7 Å². The van der Waals surface area contributed by atoms with Gasteiger partial charge in [0.05, 0.1) is 38.0 Å². The molecule has 9 nitrogen and oxygen atoms in total. The molecule has 2 atom stereocenters. The summed E-state index contributed by atoms with van der Waals surface area (Å²) in [7, 11) is 1.64. The number of aryl methyl sites for hydroxylation is 1. The Morgan fingerprint density at radius 2 is 1.77 bits per heavy atom. The number of nitrogens with one attached hydrogen (secondary N) is 1. The van der Waals surface area contributed by atoms with Crippen LogP contribution >= 0.6 is 22.6 Å². The van der Waals surface area contributed by atoms with Crippen LogP contribution in [0.5, 0.6) is 17.2 Å². The number of halogens is 1. The number of allylic oxidation sites excluding steroid dienone is 2. The van der Waals surface area contributed by atoms with Crippen LogP contribution in [0.1, 0.15) is 92.7 Å². The highest BCUT2D eigenvalue weighted by Gasteiger charge is 2.33. The van der Waals surface area contributed by atoms with Crippen molar-refractivity contribution in [2.75, 3.05) is 30.5 Å². The topological polar surface area (TPSA) is 91.0 Å². The minimum atomic E-state index is -0.144. The number of fused-ring (bicyclic) bond motifs is 3. The van der Waals surface area contributed by atoms with Gasteiger partial charge in [-0.15, -0.1) is 0 Å². The highest BCUT2D eigenvalue weighted by Crippen LogP contribution is 2.38. The monoisotopic (exact) mass is 766 g/mol. The molecule has 1 amide bonds. The quantitative estimate of drug-likeness (QED) is 0.0765. The summed E-state index contributed by atoms with van der Waals surface area (Å²) < 4.78 is 22.2. The van der Waals surface area contributed by atoms with Gasteiger partial charge in [0.2, 0.25) is 6.21 Å². The summed E-state index contributed by atoms with van der Waals surface area (Å²) in [5.74, 6) is 2.31. The number of unbranched alkanes of at least 4 members (excludes halogenated alkanes) is 6. The first kappa shape index (κ1) is 34.2. The maximum absolute atomic E-state index is 13.6. The molecule has 3 heterocycles. The number of amides is 1. The molecule has 0 bridgehead atoms. The van der Waals surface area contributed by atoms with E-state index in [2.05, 4.69) is 44.6 Å². The van der Waals surface area contributed by atoms with Gasteiger partial charge < -0.3 is 29.3 Å². The number of rotatable bonds is 14. The molecule has 2 aliphatic heterocycles. The summed E-state index contributed by atoms with van der Waals surface area (Å²) in [6.07, 6.45) is 16.4. The van der Waals surface area contributed by atoms with Gasteiger partial charge in [-0.1, -0.05) is 32.1 Å². The Morgan fingerprint density at radius 3 is 2.52 bits per heavy atom. The molecule has 0 radical (unpaired) electrons. The standard InChI is InChI=1S/C38H47IN4O5/c1-26-21-29(39)15-18-33(26)43-27(2)40-32-17-16-30(22-31(32)38(43)44)47-19-11-7-5-4-6-8-12-20-48-36-25-41-23-28-13-9-10-14-34(28)42(45)24-35(41)37(36)46-3/h14-18,21-22,24-25,27-28,40H,4-13,19-20,23H2,1-3H3/t27?,28-/m0/s1. The van der Waals surface area contributed by atoms with Crippen LogP contribution in [0.4, 0.5) is 11.4 Å². The summed E-state index contributed by atoms with van der Waals surface area (Å²) >= 11 is 2.30. The van der Waals surface area contributed by atoms with Crippen LogP contribution in [0.3, 0.4) is 0 Å². The third-order valence-electron chi connectivity index (χ3n) is 9.61. The first-order valence-corrected chi connectivity index (χ1v) is 18.5. The van der Waals surface area contributed by atoms with E-state index in [1.165, 1.54) is 6.42 Å². The Balaban J connectivity index is 0.885. The van der Waals surface area contributed by atoms with Crippen LogP contribution < -0.4 is 24.4 Å². The number of hydrogen-bond donors (Lipinski definition) is 1. The fraction of sp³-hybridized carbons (Fsp3) is 0.474. The number of carbonyl (C=O) groups excluding carboxylic acids is 1. The van der Waals surface area contributed by atoms with Crippen molar-refractivity contribution in [3.05, 3.63) is 80.0 Å². The third-order valence-corrected chi connectivity index (χ3v) is 10.3. The van der Waals surface area contributed by atoms with E-state index in [1.807, 2.05) is 55.3 Å². The zero-order valence-corrected chi connectivity index (χ0v) is 30.5. The fourth-order valence-corrected chi connectivity index (χ4v) is 7.75. The van der Waals surface area contributed by atoms with Crippen LogP contribution in [0.2, 0.25) is 0 Å². The normalized spacial score (nSPS) is 18.5. The van der Waals surface area contributed by atoms with Gasteiger partial charge in [-0.3, -0.25) is 9.69 Å². The van der Waals surface area contributed by atoms with Crippen molar-refractivity contribution in [2.45, 2.75) is 90.8 Å².